The minimum absolute atomic E-state index is 0.0114. The predicted molar refractivity (Wildman–Crippen MR) is 77.0 cm³/mol. The zero-order chi connectivity index (χ0) is 14.8. The van der Waals surface area contributed by atoms with Crippen LogP contribution in [0.4, 0.5) is 0 Å². The van der Waals surface area contributed by atoms with Crippen molar-refractivity contribution < 1.29 is 19.4 Å². The Bertz CT molecular complexity index is 391. The van der Waals surface area contributed by atoms with Crippen molar-refractivity contribution in [3.8, 4) is 5.75 Å². The van der Waals surface area contributed by atoms with Crippen molar-refractivity contribution in [3.63, 3.8) is 0 Å². The summed E-state index contributed by atoms with van der Waals surface area (Å²) in [5, 5.41) is 8.90. The Labute approximate surface area is 120 Å². The lowest BCUT2D eigenvalue weighted by molar-refractivity contribution is -0.138. The van der Waals surface area contributed by atoms with Crippen LogP contribution in [0.2, 0.25) is 0 Å². The van der Waals surface area contributed by atoms with Crippen molar-refractivity contribution in [2.45, 2.75) is 19.9 Å². The summed E-state index contributed by atoms with van der Waals surface area (Å²) in [7, 11) is 1.61. The van der Waals surface area contributed by atoms with E-state index in [4.69, 9.17) is 14.6 Å². The summed E-state index contributed by atoms with van der Waals surface area (Å²) < 4.78 is 10.5. The molecule has 1 aromatic rings. The molecule has 0 unspecified atom stereocenters. The van der Waals surface area contributed by atoms with E-state index >= 15 is 0 Å². The Kier molecular flexibility index (Phi) is 7.69. The van der Waals surface area contributed by atoms with Gasteiger partial charge in [0.25, 0.3) is 0 Å². The molecule has 0 aliphatic heterocycles. The smallest absolute Gasteiger partial charge is 0.317 e. The van der Waals surface area contributed by atoms with Crippen LogP contribution in [0.5, 0.6) is 5.75 Å². The molecular formula is C15H23NO4. The Morgan fingerprint density at radius 3 is 2.50 bits per heavy atom. The molecule has 0 spiro atoms. The van der Waals surface area contributed by atoms with Gasteiger partial charge in [-0.15, -0.1) is 0 Å². The van der Waals surface area contributed by atoms with E-state index in [1.807, 2.05) is 29.2 Å². The third kappa shape index (κ3) is 6.54. The van der Waals surface area contributed by atoms with Gasteiger partial charge in [0.15, 0.2) is 0 Å². The van der Waals surface area contributed by atoms with Crippen molar-refractivity contribution in [1.82, 2.24) is 4.90 Å². The van der Waals surface area contributed by atoms with Gasteiger partial charge in [0.05, 0.1) is 19.8 Å². The predicted octanol–water partition coefficient (Wildman–Crippen LogP) is 2.01. The van der Waals surface area contributed by atoms with E-state index in [0.717, 1.165) is 17.7 Å². The summed E-state index contributed by atoms with van der Waals surface area (Å²) in [4.78, 5) is 12.7. The number of benzene rings is 1. The molecule has 0 fully saturated rings. The molecule has 0 radical (unpaired) electrons. The standard InChI is InChI=1S/C15H23NO4/c1-3-9-20-14-6-4-13(5-7-14)11-16(8-10-19-2)12-15(17)18/h4-7H,3,8-12H2,1-2H3,(H,17,18). The summed E-state index contributed by atoms with van der Waals surface area (Å²) in [5.41, 5.74) is 1.06. The number of ether oxygens (including phenoxy) is 2. The molecule has 0 aliphatic carbocycles. The zero-order valence-electron chi connectivity index (χ0n) is 12.2. The highest BCUT2D eigenvalue weighted by Gasteiger charge is 2.10. The first-order valence-corrected chi connectivity index (χ1v) is 6.80. The molecule has 1 rings (SSSR count). The number of rotatable bonds is 10. The molecule has 0 bridgehead atoms. The van der Waals surface area contributed by atoms with Crippen LogP contribution in [0, 0.1) is 0 Å². The molecule has 5 nitrogen and oxygen atoms in total. The number of carboxylic acids is 1. The molecule has 0 aromatic heterocycles. The Morgan fingerprint density at radius 1 is 1.25 bits per heavy atom. The van der Waals surface area contributed by atoms with Crippen molar-refractivity contribution in [2.24, 2.45) is 0 Å². The van der Waals surface area contributed by atoms with Crippen molar-refractivity contribution in [1.29, 1.82) is 0 Å². The van der Waals surface area contributed by atoms with E-state index in [2.05, 4.69) is 6.92 Å². The molecule has 1 N–H and O–H groups in total. The third-order valence-electron chi connectivity index (χ3n) is 2.77. The van der Waals surface area contributed by atoms with Gasteiger partial charge < -0.3 is 14.6 Å². The van der Waals surface area contributed by atoms with Crippen LogP contribution in [0.25, 0.3) is 0 Å². The molecule has 0 amide bonds. The van der Waals surface area contributed by atoms with E-state index in [9.17, 15) is 4.79 Å². The average Bonchev–Trinajstić information content (AvgIpc) is 2.43. The first-order valence-electron chi connectivity index (χ1n) is 6.80. The highest BCUT2D eigenvalue weighted by Crippen LogP contribution is 2.14. The lowest BCUT2D eigenvalue weighted by atomic mass is 10.2. The second-order valence-corrected chi connectivity index (χ2v) is 4.59. The SMILES string of the molecule is CCCOc1ccc(CN(CCOC)CC(=O)O)cc1. The van der Waals surface area contributed by atoms with Gasteiger partial charge in [-0.3, -0.25) is 9.69 Å². The van der Waals surface area contributed by atoms with Crippen LogP contribution in [-0.2, 0) is 16.1 Å². The van der Waals surface area contributed by atoms with Crippen LogP contribution in [0.3, 0.4) is 0 Å². The van der Waals surface area contributed by atoms with Crippen molar-refractivity contribution in [2.75, 3.05) is 33.4 Å². The summed E-state index contributed by atoms with van der Waals surface area (Å²) >= 11 is 0. The molecule has 1 aromatic carbocycles. The minimum Gasteiger partial charge on any atom is -0.494 e. The van der Waals surface area contributed by atoms with Gasteiger partial charge in [-0.1, -0.05) is 19.1 Å². The van der Waals surface area contributed by atoms with Gasteiger partial charge in [0, 0.05) is 20.2 Å². The average molecular weight is 281 g/mol. The molecule has 20 heavy (non-hydrogen) atoms. The van der Waals surface area contributed by atoms with E-state index in [1.165, 1.54) is 0 Å². The second-order valence-electron chi connectivity index (χ2n) is 4.59. The first-order chi connectivity index (χ1) is 9.65. The maximum absolute atomic E-state index is 10.8. The van der Waals surface area contributed by atoms with E-state index < -0.39 is 5.97 Å². The van der Waals surface area contributed by atoms with Crippen LogP contribution < -0.4 is 4.74 Å². The fraction of sp³-hybridized carbons (Fsp3) is 0.533. The lowest BCUT2D eigenvalue weighted by Gasteiger charge is -2.20. The molecule has 0 aliphatic rings. The summed E-state index contributed by atoms with van der Waals surface area (Å²) in [5.74, 6) is 0.0151. The van der Waals surface area contributed by atoms with Crippen molar-refractivity contribution >= 4 is 5.97 Å². The molecular weight excluding hydrogens is 258 g/mol. The van der Waals surface area contributed by atoms with E-state index in [1.54, 1.807) is 7.11 Å². The van der Waals surface area contributed by atoms with Crippen LogP contribution in [0.15, 0.2) is 24.3 Å². The number of carboxylic acid groups (broad SMARTS) is 1. The third-order valence-corrected chi connectivity index (χ3v) is 2.77. The van der Waals surface area contributed by atoms with Crippen LogP contribution >= 0.6 is 0 Å². The molecule has 5 heteroatoms. The topological polar surface area (TPSA) is 59.0 Å². The van der Waals surface area contributed by atoms with E-state index in [0.29, 0.717) is 26.3 Å². The normalized spacial score (nSPS) is 10.8. The Balaban J connectivity index is 2.55. The number of methoxy groups -OCH3 is 1. The molecule has 0 atom stereocenters. The maximum Gasteiger partial charge on any atom is 0.317 e. The van der Waals surface area contributed by atoms with Crippen LogP contribution in [-0.4, -0.2) is 49.4 Å². The summed E-state index contributed by atoms with van der Waals surface area (Å²) in [6.07, 6.45) is 0.977. The number of aliphatic carboxylic acids is 1. The van der Waals surface area contributed by atoms with Crippen molar-refractivity contribution in [3.05, 3.63) is 29.8 Å². The molecule has 112 valence electrons. The van der Waals surface area contributed by atoms with Crippen LogP contribution in [0.1, 0.15) is 18.9 Å². The number of hydrogen-bond acceptors (Lipinski definition) is 4. The Hall–Kier alpha value is -1.59. The highest BCUT2D eigenvalue weighted by atomic mass is 16.5. The van der Waals surface area contributed by atoms with E-state index in [-0.39, 0.29) is 6.54 Å². The second kappa shape index (κ2) is 9.34. The number of carbonyl (C=O) groups is 1. The van der Waals surface area contributed by atoms with Gasteiger partial charge >= 0.3 is 5.97 Å². The summed E-state index contributed by atoms with van der Waals surface area (Å²) in [6, 6.07) is 7.76. The number of nitrogens with zero attached hydrogens (tertiary/aromatic N) is 1. The summed E-state index contributed by atoms with van der Waals surface area (Å²) in [6.45, 7) is 4.48. The first kappa shape index (κ1) is 16.5. The highest BCUT2D eigenvalue weighted by molar-refractivity contribution is 5.69. The fourth-order valence-corrected chi connectivity index (χ4v) is 1.79. The monoisotopic (exact) mass is 281 g/mol. The van der Waals surface area contributed by atoms with Gasteiger partial charge in [-0.25, -0.2) is 0 Å². The van der Waals surface area contributed by atoms with Gasteiger partial charge in [0.2, 0.25) is 0 Å². The van der Waals surface area contributed by atoms with Gasteiger partial charge in [0.1, 0.15) is 5.75 Å². The zero-order valence-corrected chi connectivity index (χ0v) is 12.2. The minimum atomic E-state index is -0.830. The van der Waals surface area contributed by atoms with Gasteiger partial charge in [-0.2, -0.15) is 0 Å². The molecule has 0 heterocycles. The maximum atomic E-state index is 10.8. The lowest BCUT2D eigenvalue weighted by Crippen LogP contribution is -2.32. The fourth-order valence-electron chi connectivity index (χ4n) is 1.79. The Morgan fingerprint density at radius 2 is 1.95 bits per heavy atom. The number of hydrogen-bond donors (Lipinski definition) is 1. The molecule has 0 saturated heterocycles. The quantitative estimate of drug-likeness (QED) is 0.711. The molecule has 0 saturated carbocycles. The van der Waals surface area contributed by atoms with Gasteiger partial charge in [-0.05, 0) is 24.1 Å². The largest absolute Gasteiger partial charge is 0.494 e.